The predicted octanol–water partition coefficient (Wildman–Crippen LogP) is 4.49. The third-order valence-corrected chi connectivity index (χ3v) is 4.37. The van der Waals surface area contributed by atoms with E-state index in [4.69, 9.17) is 4.98 Å². The second-order valence-corrected chi connectivity index (χ2v) is 6.39. The van der Waals surface area contributed by atoms with Crippen LogP contribution in [0.15, 0.2) is 70.2 Å². The highest BCUT2D eigenvalue weighted by atomic mass is 79.9. The molecule has 4 rings (SSSR count). The van der Waals surface area contributed by atoms with E-state index in [1.165, 1.54) is 0 Å². The molecule has 4 aromatic rings. The van der Waals surface area contributed by atoms with Crippen LogP contribution in [0.2, 0.25) is 0 Å². The van der Waals surface area contributed by atoms with Crippen LogP contribution in [0.5, 0.6) is 0 Å². The van der Waals surface area contributed by atoms with E-state index in [1.54, 1.807) is 23.0 Å². The summed E-state index contributed by atoms with van der Waals surface area (Å²) in [7, 11) is 0. The number of benzene rings is 1. The molecule has 0 bridgehead atoms. The van der Waals surface area contributed by atoms with E-state index in [2.05, 4.69) is 31.3 Å². The van der Waals surface area contributed by atoms with Crippen LogP contribution < -0.4 is 10.9 Å². The summed E-state index contributed by atoms with van der Waals surface area (Å²) in [5.41, 5.74) is 3.38. The summed E-state index contributed by atoms with van der Waals surface area (Å²) in [4.78, 5) is 18.7. The molecule has 0 aliphatic carbocycles. The lowest BCUT2D eigenvalue weighted by molar-refractivity contribution is 0.925. The lowest BCUT2D eigenvalue weighted by Crippen LogP contribution is -2.10. The van der Waals surface area contributed by atoms with Gasteiger partial charge in [-0.2, -0.15) is 9.61 Å². The number of halogens is 1. The van der Waals surface area contributed by atoms with Crippen molar-refractivity contribution in [2.75, 3.05) is 5.32 Å². The molecule has 1 aromatic carbocycles. The highest BCUT2D eigenvalue weighted by molar-refractivity contribution is 9.10. The molecule has 3 heterocycles. The van der Waals surface area contributed by atoms with Crippen molar-refractivity contribution in [3.63, 3.8) is 0 Å². The molecule has 6 nitrogen and oxygen atoms in total. The molecule has 27 heavy (non-hydrogen) atoms. The molecular weight excluding hydrogens is 406 g/mol. The molecule has 0 unspecified atom stereocenters. The Labute approximate surface area is 165 Å². The first-order chi connectivity index (χ1) is 13.2. The standard InChI is InChI=1S/C18H14BrN5O.C2H6/c19-14-11-22-24-16(21-10-12-6-7-20-17(25)8-12)9-15(23-18(14)24)13-4-2-1-3-5-13;1-2/h1-9,11,21H,10H2,(H,20,25);1-2H3. The van der Waals surface area contributed by atoms with Crippen LogP contribution in [0, 0.1) is 0 Å². The number of nitrogens with one attached hydrogen (secondary N) is 2. The Morgan fingerprint density at radius 2 is 1.93 bits per heavy atom. The quantitative estimate of drug-likeness (QED) is 0.505. The number of hydrogen-bond donors (Lipinski definition) is 2. The SMILES string of the molecule is CC.O=c1cc(CNc2cc(-c3ccccc3)nc3c(Br)cnn23)cc[nH]1. The van der Waals surface area contributed by atoms with Gasteiger partial charge in [0.1, 0.15) is 5.82 Å². The predicted molar refractivity (Wildman–Crippen MR) is 112 cm³/mol. The summed E-state index contributed by atoms with van der Waals surface area (Å²) >= 11 is 3.49. The van der Waals surface area contributed by atoms with Gasteiger partial charge in [-0.15, -0.1) is 0 Å². The number of anilines is 1. The number of hydrogen-bond acceptors (Lipinski definition) is 4. The summed E-state index contributed by atoms with van der Waals surface area (Å²) in [5, 5.41) is 7.70. The number of H-pyrrole nitrogens is 1. The fourth-order valence-corrected chi connectivity index (χ4v) is 2.96. The van der Waals surface area contributed by atoms with Gasteiger partial charge in [0.15, 0.2) is 5.65 Å². The van der Waals surface area contributed by atoms with E-state index >= 15 is 0 Å². The second-order valence-electron chi connectivity index (χ2n) is 5.54. The summed E-state index contributed by atoms with van der Waals surface area (Å²) in [5.74, 6) is 0.801. The fourth-order valence-electron chi connectivity index (χ4n) is 2.61. The molecule has 0 aliphatic heterocycles. The van der Waals surface area contributed by atoms with Gasteiger partial charge in [0.25, 0.3) is 0 Å². The van der Waals surface area contributed by atoms with E-state index in [1.807, 2.05) is 56.3 Å². The van der Waals surface area contributed by atoms with Crippen molar-refractivity contribution in [1.29, 1.82) is 0 Å². The Kier molecular flexibility index (Phi) is 6.03. The van der Waals surface area contributed by atoms with Gasteiger partial charge in [-0.3, -0.25) is 4.79 Å². The summed E-state index contributed by atoms with van der Waals surface area (Å²) in [6.45, 7) is 4.51. The Morgan fingerprint density at radius 3 is 2.67 bits per heavy atom. The number of pyridine rings is 1. The molecule has 3 aromatic heterocycles. The fraction of sp³-hybridized carbons (Fsp3) is 0.150. The molecule has 2 N–H and O–H groups in total. The van der Waals surface area contributed by atoms with Crippen LogP contribution in [-0.2, 0) is 6.54 Å². The number of fused-ring (bicyclic) bond motifs is 1. The molecule has 0 amide bonds. The minimum Gasteiger partial charge on any atom is -0.366 e. The first-order valence-corrected chi connectivity index (χ1v) is 9.51. The monoisotopic (exact) mass is 425 g/mol. The van der Waals surface area contributed by atoms with Gasteiger partial charge in [-0.05, 0) is 27.6 Å². The van der Waals surface area contributed by atoms with E-state index in [0.29, 0.717) is 6.54 Å². The average molecular weight is 426 g/mol. The Bertz CT molecular complexity index is 1090. The van der Waals surface area contributed by atoms with Crippen LogP contribution in [-0.4, -0.2) is 19.6 Å². The van der Waals surface area contributed by atoms with Gasteiger partial charge >= 0.3 is 0 Å². The van der Waals surface area contributed by atoms with Crippen molar-refractivity contribution < 1.29 is 0 Å². The van der Waals surface area contributed by atoms with E-state index < -0.39 is 0 Å². The number of rotatable bonds is 4. The minimum absolute atomic E-state index is 0.119. The van der Waals surface area contributed by atoms with Crippen molar-refractivity contribution in [2.45, 2.75) is 20.4 Å². The largest absolute Gasteiger partial charge is 0.366 e. The Morgan fingerprint density at radius 1 is 1.15 bits per heavy atom. The Hall–Kier alpha value is -2.93. The lowest BCUT2D eigenvalue weighted by atomic mass is 10.1. The molecule has 0 spiro atoms. The third-order valence-electron chi connectivity index (χ3n) is 3.81. The highest BCUT2D eigenvalue weighted by Gasteiger charge is 2.11. The summed E-state index contributed by atoms with van der Waals surface area (Å²) in [6, 6.07) is 15.4. The smallest absolute Gasteiger partial charge is 0.248 e. The third kappa shape index (κ3) is 4.25. The normalized spacial score (nSPS) is 10.3. The van der Waals surface area contributed by atoms with Crippen LogP contribution in [0.3, 0.4) is 0 Å². The lowest BCUT2D eigenvalue weighted by Gasteiger charge is -2.11. The van der Waals surface area contributed by atoms with E-state index in [-0.39, 0.29) is 5.56 Å². The van der Waals surface area contributed by atoms with Crippen molar-refractivity contribution >= 4 is 27.4 Å². The number of aromatic nitrogens is 4. The Balaban J connectivity index is 0.00000102. The zero-order chi connectivity index (χ0) is 19.2. The van der Waals surface area contributed by atoms with E-state index in [9.17, 15) is 4.79 Å². The van der Waals surface area contributed by atoms with Gasteiger partial charge < -0.3 is 10.3 Å². The molecule has 0 fully saturated rings. The van der Waals surface area contributed by atoms with Crippen LogP contribution in [0.25, 0.3) is 16.9 Å². The zero-order valence-corrected chi connectivity index (χ0v) is 16.7. The maximum atomic E-state index is 11.4. The van der Waals surface area contributed by atoms with Crippen LogP contribution >= 0.6 is 15.9 Å². The first-order valence-electron chi connectivity index (χ1n) is 8.72. The average Bonchev–Trinajstić information content (AvgIpc) is 3.09. The molecule has 0 atom stereocenters. The zero-order valence-electron chi connectivity index (χ0n) is 15.1. The van der Waals surface area contributed by atoms with Crippen molar-refractivity contribution in [1.82, 2.24) is 19.6 Å². The van der Waals surface area contributed by atoms with Gasteiger partial charge in [0, 0.05) is 30.4 Å². The highest BCUT2D eigenvalue weighted by Crippen LogP contribution is 2.25. The molecule has 0 aliphatic rings. The molecule has 138 valence electrons. The summed E-state index contributed by atoms with van der Waals surface area (Å²) in [6.07, 6.45) is 3.36. The molecular formula is C20H20BrN5O. The first kappa shape index (κ1) is 18.8. The maximum absolute atomic E-state index is 11.4. The number of aromatic amines is 1. The van der Waals surface area contributed by atoms with Crippen molar-refractivity contribution in [2.24, 2.45) is 0 Å². The van der Waals surface area contributed by atoms with Gasteiger partial charge in [-0.25, -0.2) is 4.98 Å². The van der Waals surface area contributed by atoms with Crippen LogP contribution in [0.4, 0.5) is 5.82 Å². The minimum atomic E-state index is -0.119. The topological polar surface area (TPSA) is 75.1 Å². The van der Waals surface area contributed by atoms with Crippen LogP contribution in [0.1, 0.15) is 19.4 Å². The molecule has 7 heteroatoms. The maximum Gasteiger partial charge on any atom is 0.248 e. The van der Waals surface area contributed by atoms with Gasteiger partial charge in [0.05, 0.1) is 16.4 Å². The molecule has 0 radical (unpaired) electrons. The van der Waals surface area contributed by atoms with Crippen molar-refractivity contribution in [3.05, 3.63) is 81.3 Å². The van der Waals surface area contributed by atoms with Gasteiger partial charge in [0.2, 0.25) is 5.56 Å². The van der Waals surface area contributed by atoms with Crippen molar-refractivity contribution in [3.8, 4) is 11.3 Å². The van der Waals surface area contributed by atoms with E-state index in [0.717, 1.165) is 32.8 Å². The number of nitrogens with zero attached hydrogens (tertiary/aromatic N) is 3. The molecule has 0 saturated carbocycles. The summed E-state index contributed by atoms with van der Waals surface area (Å²) < 4.78 is 2.56. The second kappa shape index (κ2) is 8.64. The molecule has 0 saturated heterocycles. The van der Waals surface area contributed by atoms with Gasteiger partial charge in [-0.1, -0.05) is 44.2 Å².